The van der Waals surface area contributed by atoms with Gasteiger partial charge in [-0.15, -0.1) is 0 Å². The van der Waals surface area contributed by atoms with Crippen LogP contribution in [0.25, 0.3) is 22.3 Å². The highest BCUT2D eigenvalue weighted by molar-refractivity contribution is 5.96. The topological polar surface area (TPSA) is 142 Å². The number of phenols is 2. The molecule has 6 atom stereocenters. The third-order valence-electron chi connectivity index (χ3n) is 16.7. The Morgan fingerprint density at radius 2 is 1.00 bits per heavy atom. The highest BCUT2D eigenvalue weighted by atomic mass is 16.5. The molecule has 0 aromatic heterocycles. The number of fused-ring (bicyclic) bond motifs is 10. The summed E-state index contributed by atoms with van der Waals surface area (Å²) in [5.74, 6) is 3.22. The Hall–Kier alpha value is -6.42. The summed E-state index contributed by atoms with van der Waals surface area (Å²) in [5.41, 5.74) is 20.1. The van der Waals surface area contributed by atoms with Crippen LogP contribution in [0.15, 0.2) is 107 Å². The normalized spacial score (nSPS) is 27.0. The molecule has 4 aromatic rings. The minimum atomic E-state index is -0.278. The number of phenolic OH excluding ortho intramolecular Hbond substituents is 2. The zero-order valence-corrected chi connectivity index (χ0v) is 39.9. The van der Waals surface area contributed by atoms with Gasteiger partial charge in [0, 0.05) is 22.3 Å². The zero-order valence-electron chi connectivity index (χ0n) is 39.9. The van der Waals surface area contributed by atoms with Gasteiger partial charge in [-0.1, -0.05) is 76.2 Å². The van der Waals surface area contributed by atoms with Crippen molar-refractivity contribution in [1.29, 1.82) is 0 Å². The van der Waals surface area contributed by atoms with Crippen LogP contribution in [-0.2, 0) is 22.4 Å². The molecule has 0 spiro atoms. The first-order valence-corrected chi connectivity index (χ1v) is 24.9. The summed E-state index contributed by atoms with van der Waals surface area (Å²) in [4.78, 5) is 26.0. The molecule has 10 heteroatoms. The van der Waals surface area contributed by atoms with Crippen molar-refractivity contribution in [2.45, 2.75) is 105 Å². The van der Waals surface area contributed by atoms with Crippen molar-refractivity contribution in [3.05, 3.63) is 130 Å². The Balaban J connectivity index is 0.712. The van der Waals surface area contributed by atoms with E-state index < -0.39 is 0 Å². The predicted molar refractivity (Wildman–Crippen MR) is 269 cm³/mol. The SMILES string of the molecule is CCC(=C(CC)c1ccc(OCC(=O)NN=C2CCC3C4CCc5cc(O)ccc5C4=CCC23C)cc1)c1ccc(OCC(=O)NN=C2CCC3C4CCc5cc(O)ccc5C4=CCC23C)cc1. The van der Waals surface area contributed by atoms with Gasteiger partial charge in [-0.2, -0.15) is 10.2 Å². The molecule has 0 radical (unpaired) electrons. The van der Waals surface area contributed by atoms with Crippen LogP contribution in [0.3, 0.4) is 0 Å². The average molecular weight is 913 g/mol. The lowest BCUT2D eigenvalue weighted by molar-refractivity contribution is -0.123. The number of nitrogens with zero attached hydrogens (tertiary/aromatic N) is 2. The maximum absolute atomic E-state index is 13.0. The first-order valence-electron chi connectivity index (χ1n) is 24.9. The zero-order chi connectivity index (χ0) is 47.2. The van der Waals surface area contributed by atoms with Crippen molar-refractivity contribution in [1.82, 2.24) is 10.9 Å². The van der Waals surface area contributed by atoms with Crippen LogP contribution < -0.4 is 20.3 Å². The number of nitrogens with one attached hydrogen (secondary N) is 2. The number of allylic oxidation sites excluding steroid dienone is 6. The number of aryl methyl sites for hydroxylation is 2. The molecule has 0 heterocycles. The van der Waals surface area contributed by atoms with E-state index in [2.05, 4.69) is 87.1 Å². The fourth-order valence-corrected chi connectivity index (χ4v) is 13.2. The van der Waals surface area contributed by atoms with E-state index >= 15 is 0 Å². The minimum Gasteiger partial charge on any atom is -0.508 e. The lowest BCUT2D eigenvalue weighted by Gasteiger charge is -2.44. The molecule has 0 aliphatic heterocycles. The number of carbonyl (C=O) groups is 2. The van der Waals surface area contributed by atoms with Gasteiger partial charge in [-0.05, 0) is 205 Å². The highest BCUT2D eigenvalue weighted by Crippen LogP contribution is 2.59. The largest absolute Gasteiger partial charge is 0.508 e. The molecular formula is C58H64N4O6. The third kappa shape index (κ3) is 8.45. The average Bonchev–Trinajstić information content (AvgIpc) is 3.88. The Labute approximate surface area is 400 Å². The molecule has 10 nitrogen and oxygen atoms in total. The fourth-order valence-electron chi connectivity index (χ4n) is 13.2. The molecule has 0 bridgehead atoms. The van der Waals surface area contributed by atoms with Crippen LogP contribution in [-0.4, -0.2) is 46.7 Å². The van der Waals surface area contributed by atoms with E-state index in [1.54, 1.807) is 12.1 Å². The van der Waals surface area contributed by atoms with E-state index in [0.717, 1.165) is 99.6 Å². The summed E-state index contributed by atoms with van der Waals surface area (Å²) >= 11 is 0. The van der Waals surface area contributed by atoms with Crippen LogP contribution in [0, 0.1) is 34.5 Å². The Morgan fingerprint density at radius 3 is 1.40 bits per heavy atom. The van der Waals surface area contributed by atoms with E-state index in [-0.39, 0.29) is 35.9 Å². The summed E-state index contributed by atoms with van der Waals surface area (Å²) in [6.07, 6.45) is 16.1. The second-order valence-corrected chi connectivity index (χ2v) is 20.3. The van der Waals surface area contributed by atoms with Crippen molar-refractivity contribution >= 4 is 45.5 Å². The molecule has 2 amide bonds. The molecule has 6 aliphatic carbocycles. The molecule has 6 aliphatic rings. The minimum absolute atomic E-state index is 0.0890. The second kappa shape index (κ2) is 18.6. The van der Waals surface area contributed by atoms with Gasteiger partial charge in [0.1, 0.15) is 23.0 Å². The van der Waals surface area contributed by atoms with E-state index in [1.165, 1.54) is 44.5 Å². The predicted octanol–water partition coefficient (Wildman–Crippen LogP) is 11.5. The van der Waals surface area contributed by atoms with E-state index in [0.29, 0.717) is 46.7 Å². The Kier molecular flexibility index (Phi) is 12.4. The standard InChI is InChI=1S/C58H64N4O6/c1-5-43(35-7-15-41(16-8-35)67-33-55(65)61-59-53-25-23-51-49-19-11-37-31-39(63)13-21-45(37)47(49)27-29-57(51,53)3)44(6-2)36-9-17-42(18-10-36)68-34-56(66)62-60-54-26-24-52-50-20-12-38-32-40(64)14-22-46(38)48(50)28-30-58(52,54)4/h7-10,13-18,21-22,27-28,31-32,49-52,63-64H,5-6,11-12,19-20,23-26,29-30,33-34H2,1-4H3,(H,61,65)(H,62,66). The number of amides is 2. The van der Waals surface area contributed by atoms with Crippen molar-refractivity contribution in [3.63, 3.8) is 0 Å². The lowest BCUT2D eigenvalue weighted by Crippen LogP contribution is -2.39. The highest BCUT2D eigenvalue weighted by Gasteiger charge is 2.52. The monoisotopic (exact) mass is 912 g/mol. The van der Waals surface area contributed by atoms with Crippen molar-refractivity contribution in [2.75, 3.05) is 13.2 Å². The summed E-state index contributed by atoms with van der Waals surface area (Å²) in [6, 6.07) is 27.4. The number of ether oxygens (including phenoxy) is 2. The van der Waals surface area contributed by atoms with Gasteiger partial charge in [0.25, 0.3) is 11.8 Å². The summed E-state index contributed by atoms with van der Waals surface area (Å²) in [6.45, 7) is 8.67. The van der Waals surface area contributed by atoms with E-state index in [9.17, 15) is 19.8 Å². The first kappa shape index (κ1) is 45.4. The van der Waals surface area contributed by atoms with Crippen LogP contribution in [0.2, 0.25) is 0 Å². The number of hydrogen-bond donors (Lipinski definition) is 4. The molecule has 352 valence electrons. The van der Waals surface area contributed by atoms with Crippen molar-refractivity contribution < 1.29 is 29.3 Å². The Morgan fingerprint density at radius 1 is 0.588 bits per heavy atom. The van der Waals surface area contributed by atoms with Crippen LogP contribution in [0.4, 0.5) is 0 Å². The first-order chi connectivity index (χ1) is 32.9. The third-order valence-corrected chi connectivity index (χ3v) is 16.7. The fraction of sp³-hybridized carbons (Fsp3) is 0.414. The Bertz CT molecular complexity index is 2600. The molecule has 68 heavy (non-hydrogen) atoms. The van der Waals surface area contributed by atoms with Gasteiger partial charge in [0.05, 0.1) is 0 Å². The molecular weight excluding hydrogens is 849 g/mol. The van der Waals surface area contributed by atoms with Crippen LogP contribution >= 0.6 is 0 Å². The molecule has 0 saturated heterocycles. The number of carbonyl (C=O) groups excluding carboxylic acids is 2. The second-order valence-electron chi connectivity index (χ2n) is 20.3. The maximum Gasteiger partial charge on any atom is 0.277 e. The quantitative estimate of drug-likeness (QED) is 0.0824. The van der Waals surface area contributed by atoms with E-state index in [1.807, 2.05) is 36.4 Å². The molecule has 4 N–H and O–H groups in total. The summed E-state index contributed by atoms with van der Waals surface area (Å²) in [7, 11) is 0. The van der Waals surface area contributed by atoms with Crippen LogP contribution in [0.1, 0.15) is 125 Å². The van der Waals surface area contributed by atoms with Crippen molar-refractivity contribution in [2.24, 2.45) is 44.7 Å². The van der Waals surface area contributed by atoms with Gasteiger partial charge in [-0.3, -0.25) is 9.59 Å². The number of benzene rings is 4. The number of hydrazone groups is 2. The van der Waals surface area contributed by atoms with Gasteiger partial charge < -0.3 is 19.7 Å². The van der Waals surface area contributed by atoms with Crippen LogP contribution in [0.5, 0.6) is 23.0 Å². The molecule has 2 saturated carbocycles. The number of aromatic hydroxyl groups is 2. The molecule has 6 unspecified atom stereocenters. The van der Waals surface area contributed by atoms with Gasteiger partial charge in [-0.25, -0.2) is 10.9 Å². The summed E-state index contributed by atoms with van der Waals surface area (Å²) in [5, 5.41) is 29.4. The van der Waals surface area contributed by atoms with Gasteiger partial charge >= 0.3 is 0 Å². The van der Waals surface area contributed by atoms with E-state index in [4.69, 9.17) is 19.7 Å². The molecule has 4 aromatic carbocycles. The maximum atomic E-state index is 13.0. The van der Waals surface area contributed by atoms with Crippen molar-refractivity contribution in [3.8, 4) is 23.0 Å². The number of hydrogen-bond acceptors (Lipinski definition) is 8. The van der Waals surface area contributed by atoms with Gasteiger partial charge in [0.2, 0.25) is 0 Å². The molecule has 2 fully saturated rings. The summed E-state index contributed by atoms with van der Waals surface area (Å²) < 4.78 is 11.9. The smallest absolute Gasteiger partial charge is 0.277 e. The van der Waals surface area contributed by atoms with Gasteiger partial charge in [0.15, 0.2) is 13.2 Å². The number of rotatable bonds is 12. The lowest BCUT2D eigenvalue weighted by atomic mass is 9.60. The molecule has 10 rings (SSSR count).